The van der Waals surface area contributed by atoms with Crippen LogP contribution in [-0.4, -0.2) is 13.2 Å². The first-order chi connectivity index (χ1) is 7.24. The van der Waals surface area contributed by atoms with E-state index in [0.29, 0.717) is 0 Å². The van der Waals surface area contributed by atoms with Crippen LogP contribution >= 0.6 is 0 Å². The second-order valence-corrected chi connectivity index (χ2v) is 9.29. The van der Waals surface area contributed by atoms with Crippen LogP contribution in [0.15, 0.2) is 0 Å². The van der Waals surface area contributed by atoms with Crippen molar-refractivity contribution in [2.45, 2.75) is 62.8 Å². The molecule has 2 nitrogen and oxygen atoms in total. The molecule has 15 heavy (non-hydrogen) atoms. The minimum absolute atomic E-state index is 0.827. The summed E-state index contributed by atoms with van der Waals surface area (Å²) in [6.07, 6.45) is 5.03. The van der Waals surface area contributed by atoms with Gasteiger partial charge in [0.2, 0.25) is 0 Å². The van der Waals surface area contributed by atoms with Crippen molar-refractivity contribution in [3.63, 3.8) is 0 Å². The van der Waals surface area contributed by atoms with Gasteiger partial charge in [0.25, 0.3) is 0 Å². The summed E-state index contributed by atoms with van der Waals surface area (Å²) in [6, 6.07) is 0. The van der Waals surface area contributed by atoms with Crippen LogP contribution in [0.2, 0.25) is 9.45 Å². The van der Waals surface area contributed by atoms with Gasteiger partial charge in [0.1, 0.15) is 0 Å². The molecule has 0 unspecified atom stereocenters. The molecule has 0 saturated heterocycles. The molecular formula is C12H28O2Ti. The zero-order chi connectivity index (χ0) is 11.6. The van der Waals surface area contributed by atoms with Gasteiger partial charge < -0.3 is 0 Å². The summed E-state index contributed by atoms with van der Waals surface area (Å²) in [6.45, 7) is 10.3. The van der Waals surface area contributed by atoms with E-state index in [1.165, 1.54) is 35.1 Å². The van der Waals surface area contributed by atoms with Crippen molar-refractivity contribution >= 4 is 0 Å². The molecule has 0 N–H and O–H groups in total. The fraction of sp³-hybridized carbons (Fsp3) is 1.00. The van der Waals surface area contributed by atoms with E-state index in [2.05, 4.69) is 27.7 Å². The van der Waals surface area contributed by atoms with Crippen molar-refractivity contribution in [3.05, 3.63) is 0 Å². The summed E-state index contributed by atoms with van der Waals surface area (Å²) in [5.41, 5.74) is 0. The topological polar surface area (TPSA) is 18.5 Å². The van der Waals surface area contributed by atoms with Crippen LogP contribution in [0.1, 0.15) is 53.4 Å². The maximum atomic E-state index is 6.04. The Morgan fingerprint density at radius 2 is 1.13 bits per heavy atom. The second-order valence-electron chi connectivity index (χ2n) is 3.98. The third kappa shape index (κ3) is 6.73. The number of unbranched alkanes of at least 4 members (excludes halogenated alkanes) is 2. The van der Waals surface area contributed by atoms with Crippen LogP contribution in [0.4, 0.5) is 0 Å². The van der Waals surface area contributed by atoms with Crippen LogP contribution in [0.3, 0.4) is 0 Å². The van der Waals surface area contributed by atoms with Gasteiger partial charge in [-0.2, -0.15) is 0 Å². The summed E-state index contributed by atoms with van der Waals surface area (Å²) in [7, 11) is 0. The average Bonchev–Trinajstić information content (AvgIpc) is 2.24. The zero-order valence-corrected chi connectivity index (χ0v) is 12.5. The monoisotopic (exact) mass is 252 g/mol. The van der Waals surface area contributed by atoms with Gasteiger partial charge >= 0.3 is 100 Å². The minimum atomic E-state index is -2.38. The molecule has 0 atom stereocenters. The van der Waals surface area contributed by atoms with E-state index < -0.39 is 17.4 Å². The van der Waals surface area contributed by atoms with Crippen molar-refractivity contribution in [1.29, 1.82) is 0 Å². The van der Waals surface area contributed by atoms with Gasteiger partial charge in [-0.1, -0.05) is 0 Å². The Bertz CT molecular complexity index is 124. The molecule has 0 heterocycles. The molecule has 0 bridgehead atoms. The first-order valence-electron chi connectivity index (χ1n) is 6.52. The molecule has 0 aromatic heterocycles. The van der Waals surface area contributed by atoms with Gasteiger partial charge in [0.05, 0.1) is 0 Å². The fourth-order valence-corrected chi connectivity index (χ4v) is 7.73. The van der Waals surface area contributed by atoms with Crippen molar-refractivity contribution < 1.29 is 24.0 Å². The Hall–Kier alpha value is 0.634. The molecule has 0 aromatic carbocycles. The molecule has 0 fully saturated rings. The molecule has 0 amide bonds. The molecule has 3 heteroatoms. The average molecular weight is 252 g/mol. The van der Waals surface area contributed by atoms with E-state index in [-0.39, 0.29) is 0 Å². The molecule has 0 saturated carbocycles. The third-order valence-corrected chi connectivity index (χ3v) is 8.67. The van der Waals surface area contributed by atoms with E-state index in [1.54, 1.807) is 0 Å². The summed E-state index contributed by atoms with van der Waals surface area (Å²) >= 11 is -2.38. The van der Waals surface area contributed by atoms with Crippen molar-refractivity contribution in [3.8, 4) is 0 Å². The Morgan fingerprint density at radius 3 is 1.40 bits per heavy atom. The Morgan fingerprint density at radius 1 is 0.733 bits per heavy atom. The Kier molecular flexibility index (Phi) is 10.2. The summed E-state index contributed by atoms with van der Waals surface area (Å²) < 4.78 is 14.5. The molecule has 0 rings (SSSR count). The predicted molar refractivity (Wildman–Crippen MR) is 62.7 cm³/mol. The van der Waals surface area contributed by atoms with Crippen LogP contribution in [-0.2, 0) is 24.0 Å². The first-order valence-corrected chi connectivity index (χ1v) is 10.0. The van der Waals surface area contributed by atoms with E-state index in [0.717, 1.165) is 13.2 Å². The first kappa shape index (κ1) is 15.6. The summed E-state index contributed by atoms with van der Waals surface area (Å²) in [4.78, 5) is 0. The van der Waals surface area contributed by atoms with Gasteiger partial charge in [0, 0.05) is 0 Å². The van der Waals surface area contributed by atoms with Crippen molar-refractivity contribution in [2.75, 3.05) is 13.2 Å². The molecule has 0 aliphatic rings. The third-order valence-electron chi connectivity index (χ3n) is 2.64. The van der Waals surface area contributed by atoms with Gasteiger partial charge in [-0.05, 0) is 0 Å². The van der Waals surface area contributed by atoms with Crippen LogP contribution in [0, 0.1) is 0 Å². The standard InChI is InChI=1S/2C4H9.2C2H5O.Ti/c2*1-3-4-2;2*1-2-3;/h2*1,3-4H2,2H3;2*2H2,1H3;/q;;2*-1;+2. The molecule has 0 aliphatic carbocycles. The van der Waals surface area contributed by atoms with E-state index in [9.17, 15) is 0 Å². The number of hydrogen-bond acceptors (Lipinski definition) is 2. The summed E-state index contributed by atoms with van der Waals surface area (Å²) in [5, 5.41) is 0. The van der Waals surface area contributed by atoms with Crippen LogP contribution in [0.25, 0.3) is 0 Å². The van der Waals surface area contributed by atoms with Gasteiger partial charge in [-0.3, -0.25) is 0 Å². The van der Waals surface area contributed by atoms with Crippen molar-refractivity contribution in [2.24, 2.45) is 0 Å². The van der Waals surface area contributed by atoms with E-state index >= 15 is 0 Å². The zero-order valence-electron chi connectivity index (χ0n) is 11.0. The quantitative estimate of drug-likeness (QED) is 0.534. The van der Waals surface area contributed by atoms with Gasteiger partial charge in [-0.25, -0.2) is 0 Å². The molecule has 0 radical (unpaired) electrons. The van der Waals surface area contributed by atoms with Gasteiger partial charge in [0.15, 0.2) is 0 Å². The van der Waals surface area contributed by atoms with E-state index in [4.69, 9.17) is 6.64 Å². The fourth-order valence-electron chi connectivity index (χ4n) is 1.87. The molecule has 0 aromatic rings. The van der Waals surface area contributed by atoms with Crippen LogP contribution in [0.5, 0.6) is 0 Å². The second kappa shape index (κ2) is 9.83. The maximum absolute atomic E-state index is 6.04. The predicted octanol–water partition coefficient (Wildman–Crippen LogP) is 4.48. The summed E-state index contributed by atoms with van der Waals surface area (Å²) in [5.74, 6) is 0. The number of rotatable bonds is 10. The van der Waals surface area contributed by atoms with E-state index in [1.807, 2.05) is 0 Å². The molecular weight excluding hydrogens is 224 g/mol. The number of hydrogen-bond donors (Lipinski definition) is 0. The van der Waals surface area contributed by atoms with Crippen LogP contribution < -0.4 is 0 Å². The molecule has 0 spiro atoms. The SMILES string of the molecule is CCC[CH2][Ti]([CH2]CCC)([O]CC)[O]CC. The molecule has 92 valence electrons. The Balaban J connectivity index is 4.26. The molecule has 0 aliphatic heterocycles. The van der Waals surface area contributed by atoms with Crippen molar-refractivity contribution in [1.82, 2.24) is 0 Å². The Labute approximate surface area is 100 Å². The normalized spacial score (nSPS) is 12.0. The van der Waals surface area contributed by atoms with Gasteiger partial charge in [-0.15, -0.1) is 0 Å².